The quantitative estimate of drug-likeness (QED) is 0.233. The van der Waals surface area contributed by atoms with Gasteiger partial charge in [-0.1, -0.05) is 0 Å². The molecule has 1 fully saturated rings. The zero-order valence-electron chi connectivity index (χ0n) is 26.7. The summed E-state index contributed by atoms with van der Waals surface area (Å²) in [5, 5.41) is 3.61. The number of nitrogens with zero attached hydrogens (tertiary/aromatic N) is 5. The second-order valence-corrected chi connectivity index (χ2v) is 12.1. The van der Waals surface area contributed by atoms with Gasteiger partial charge in [-0.15, -0.1) is 0 Å². The van der Waals surface area contributed by atoms with Crippen LogP contribution < -0.4 is 15.0 Å². The van der Waals surface area contributed by atoms with E-state index in [9.17, 15) is 14.0 Å². The third kappa shape index (κ3) is 7.28. The largest absolute Gasteiger partial charge is 0.475 e. The second-order valence-electron chi connectivity index (χ2n) is 12.1. The first-order valence-electron chi connectivity index (χ1n) is 15.2. The van der Waals surface area contributed by atoms with E-state index in [0.717, 1.165) is 23.9 Å². The molecular formula is C33H41FN6O5. The number of hydrogen-bond acceptors (Lipinski definition) is 8. The van der Waals surface area contributed by atoms with E-state index in [0.29, 0.717) is 61.2 Å². The van der Waals surface area contributed by atoms with Crippen LogP contribution in [0.25, 0.3) is 16.6 Å². The van der Waals surface area contributed by atoms with Crippen molar-refractivity contribution in [3.8, 4) is 5.88 Å². The first-order valence-corrected chi connectivity index (χ1v) is 15.2. The lowest BCUT2D eigenvalue weighted by Crippen LogP contribution is -2.48. The molecule has 0 saturated carbocycles. The third-order valence-electron chi connectivity index (χ3n) is 7.69. The molecule has 12 heteroatoms. The van der Waals surface area contributed by atoms with Gasteiger partial charge in [0, 0.05) is 68.4 Å². The Kier molecular flexibility index (Phi) is 9.42. The predicted molar refractivity (Wildman–Crippen MR) is 171 cm³/mol. The minimum absolute atomic E-state index is 0.0633. The van der Waals surface area contributed by atoms with Crippen LogP contribution in [0.15, 0.2) is 42.7 Å². The Morgan fingerprint density at radius 1 is 1.09 bits per heavy atom. The number of ether oxygens (including phenoxy) is 3. The molecule has 4 aromatic rings. The summed E-state index contributed by atoms with van der Waals surface area (Å²) >= 11 is 0. The number of amides is 2. The summed E-state index contributed by atoms with van der Waals surface area (Å²) in [6.07, 6.45) is 4.56. The number of aromatic nitrogens is 3. The van der Waals surface area contributed by atoms with Crippen LogP contribution in [-0.2, 0) is 9.47 Å². The van der Waals surface area contributed by atoms with Crippen LogP contribution in [0.5, 0.6) is 5.88 Å². The first kappa shape index (κ1) is 32.0. The number of halogens is 1. The van der Waals surface area contributed by atoms with Gasteiger partial charge < -0.3 is 33.7 Å². The van der Waals surface area contributed by atoms with Gasteiger partial charge in [0.15, 0.2) is 11.5 Å². The van der Waals surface area contributed by atoms with Crippen LogP contribution in [-0.4, -0.2) is 82.9 Å². The molecule has 0 unspecified atom stereocenters. The zero-order chi connectivity index (χ0) is 32.3. The molecule has 240 valence electrons. The molecule has 0 radical (unpaired) electrons. The third-order valence-corrected chi connectivity index (χ3v) is 7.69. The highest BCUT2D eigenvalue weighted by Gasteiger charge is 2.31. The Morgan fingerprint density at radius 3 is 2.53 bits per heavy atom. The van der Waals surface area contributed by atoms with E-state index in [-0.39, 0.29) is 17.8 Å². The van der Waals surface area contributed by atoms with E-state index in [1.807, 2.05) is 44.7 Å². The van der Waals surface area contributed by atoms with E-state index in [4.69, 9.17) is 19.2 Å². The number of aryl methyl sites for hydroxylation is 1. The van der Waals surface area contributed by atoms with Gasteiger partial charge in [-0.25, -0.2) is 19.2 Å². The Hall–Kier alpha value is -4.45. The minimum Gasteiger partial charge on any atom is -0.475 e. The van der Waals surface area contributed by atoms with E-state index in [1.54, 1.807) is 43.0 Å². The van der Waals surface area contributed by atoms with Gasteiger partial charge in [-0.3, -0.25) is 4.79 Å². The highest BCUT2D eigenvalue weighted by atomic mass is 19.1. The topological polar surface area (TPSA) is 111 Å². The fourth-order valence-electron chi connectivity index (χ4n) is 5.67. The summed E-state index contributed by atoms with van der Waals surface area (Å²) in [6, 6.07) is 8.65. The number of methoxy groups -OCH3 is 1. The maximum atomic E-state index is 14.7. The van der Waals surface area contributed by atoms with Crippen molar-refractivity contribution in [2.75, 3.05) is 50.2 Å². The van der Waals surface area contributed by atoms with Gasteiger partial charge in [-0.2, -0.15) is 0 Å². The monoisotopic (exact) mass is 620 g/mol. The van der Waals surface area contributed by atoms with Gasteiger partial charge in [0.2, 0.25) is 5.88 Å². The van der Waals surface area contributed by atoms with Crippen LogP contribution in [0.1, 0.15) is 56.6 Å². The Morgan fingerprint density at radius 2 is 1.84 bits per heavy atom. The molecule has 45 heavy (non-hydrogen) atoms. The summed E-state index contributed by atoms with van der Waals surface area (Å²) in [6.45, 7) is 12.0. The molecular weight excluding hydrogens is 579 g/mol. The number of benzene rings is 1. The molecule has 3 aromatic heterocycles. The van der Waals surface area contributed by atoms with Crippen molar-refractivity contribution in [2.45, 2.75) is 59.1 Å². The highest BCUT2D eigenvalue weighted by Crippen LogP contribution is 2.33. The highest BCUT2D eigenvalue weighted by molar-refractivity contribution is 6.14. The van der Waals surface area contributed by atoms with Crippen LogP contribution in [0.2, 0.25) is 0 Å². The number of carbonyl (C=O) groups is 2. The fourth-order valence-corrected chi connectivity index (χ4v) is 5.67. The number of pyridine rings is 2. The molecule has 1 N–H and O–H groups in total. The molecule has 1 saturated heterocycles. The molecule has 0 atom stereocenters. The van der Waals surface area contributed by atoms with Gasteiger partial charge in [0.25, 0.3) is 5.91 Å². The smallest absolute Gasteiger partial charge is 0.410 e. The van der Waals surface area contributed by atoms with Crippen LogP contribution in [0.4, 0.5) is 20.6 Å². The number of anilines is 2. The number of rotatable bonds is 9. The summed E-state index contributed by atoms with van der Waals surface area (Å²) in [4.78, 5) is 39.5. The lowest BCUT2D eigenvalue weighted by Gasteiger charge is -2.39. The molecule has 5 rings (SSSR count). The molecule has 4 heterocycles. The Bertz CT molecular complexity index is 1690. The van der Waals surface area contributed by atoms with Gasteiger partial charge in [-0.05, 0) is 65.7 Å². The summed E-state index contributed by atoms with van der Waals surface area (Å²) in [7, 11) is 1.59. The lowest BCUT2D eigenvalue weighted by atomic mass is 10.0. The molecule has 1 aliphatic heterocycles. The number of hydrogen-bond donors (Lipinski definition) is 1. The minimum atomic E-state index is -0.559. The van der Waals surface area contributed by atoms with Crippen molar-refractivity contribution >= 4 is 39.9 Å². The Labute approximate surface area is 262 Å². The first-order chi connectivity index (χ1) is 21.5. The van der Waals surface area contributed by atoms with Crippen LogP contribution >= 0.6 is 0 Å². The molecule has 0 aliphatic carbocycles. The van der Waals surface area contributed by atoms with Crippen LogP contribution in [0.3, 0.4) is 0 Å². The number of imidazole rings is 1. The number of fused-ring (bicyclic) bond motifs is 2. The molecule has 0 spiro atoms. The van der Waals surface area contributed by atoms with Gasteiger partial charge >= 0.3 is 6.09 Å². The van der Waals surface area contributed by atoms with Crippen molar-refractivity contribution in [3.63, 3.8) is 0 Å². The molecule has 11 nitrogen and oxygen atoms in total. The van der Waals surface area contributed by atoms with E-state index in [1.165, 1.54) is 6.07 Å². The maximum absolute atomic E-state index is 14.7. The predicted octanol–water partition coefficient (Wildman–Crippen LogP) is 5.83. The number of piperidine rings is 1. The van der Waals surface area contributed by atoms with E-state index in [2.05, 4.69) is 15.2 Å². The average molecular weight is 621 g/mol. The van der Waals surface area contributed by atoms with Crippen molar-refractivity contribution in [1.29, 1.82) is 0 Å². The van der Waals surface area contributed by atoms with Crippen molar-refractivity contribution < 1.29 is 28.2 Å². The summed E-state index contributed by atoms with van der Waals surface area (Å²) < 4.78 is 32.8. The fraction of sp³-hybridized carbons (Fsp3) is 0.455. The zero-order valence-corrected chi connectivity index (χ0v) is 26.7. The standard InChI is InChI=1S/C33H41FN6O5/c1-7-40(32(42)45-33(3,4)5)23-12-14-38(15-13-23)27-10-8-25(29-24(27)9-11-28(37-29)44-17-16-43-6)31(41)36-22-18-26(34)30-35-21(2)19-39(30)20-22/h8-11,18-20,23H,7,12-17H2,1-6H3,(H,36,41). The maximum Gasteiger partial charge on any atom is 0.410 e. The van der Waals surface area contributed by atoms with E-state index >= 15 is 0 Å². The van der Waals surface area contributed by atoms with Crippen molar-refractivity contribution in [1.82, 2.24) is 19.3 Å². The normalized spacial score (nSPS) is 14.2. The molecule has 1 aromatic carbocycles. The number of nitrogens with one attached hydrogen (secondary N) is 1. The molecule has 1 aliphatic rings. The second kappa shape index (κ2) is 13.3. The van der Waals surface area contributed by atoms with Crippen LogP contribution in [0, 0.1) is 12.7 Å². The van der Waals surface area contributed by atoms with Crippen molar-refractivity contribution in [3.05, 3.63) is 59.8 Å². The summed E-state index contributed by atoms with van der Waals surface area (Å²) in [5.74, 6) is -0.607. The lowest BCUT2D eigenvalue weighted by molar-refractivity contribution is 0.0149. The van der Waals surface area contributed by atoms with E-state index < -0.39 is 17.3 Å². The van der Waals surface area contributed by atoms with Gasteiger partial charge in [0.1, 0.15) is 12.2 Å². The van der Waals surface area contributed by atoms with Gasteiger partial charge in [0.05, 0.1) is 29.1 Å². The molecule has 0 bridgehead atoms. The number of carbonyl (C=O) groups excluding carboxylic acids is 2. The SMILES string of the molecule is CCN(C(=O)OC(C)(C)C)C1CCN(c2ccc(C(=O)Nc3cc(F)c4nc(C)cn4c3)c3nc(OCCOC)ccc23)CC1. The summed E-state index contributed by atoms with van der Waals surface area (Å²) in [5.41, 5.74) is 2.31. The van der Waals surface area contributed by atoms with Crippen molar-refractivity contribution in [2.24, 2.45) is 0 Å². The molecule has 2 amide bonds. The Balaban J connectivity index is 1.41. The average Bonchev–Trinajstić information content (AvgIpc) is 3.37.